The lowest BCUT2D eigenvalue weighted by Gasteiger charge is -2.35. The number of rotatable bonds is 3. The first-order valence-corrected chi connectivity index (χ1v) is 8.73. The molecule has 1 saturated carbocycles. The van der Waals surface area contributed by atoms with Crippen LogP contribution in [0.15, 0.2) is 12.1 Å². The molecule has 2 atom stereocenters. The highest BCUT2D eigenvalue weighted by Gasteiger charge is 2.54. The van der Waals surface area contributed by atoms with E-state index in [4.69, 9.17) is 11.6 Å². The summed E-state index contributed by atoms with van der Waals surface area (Å²) in [6.07, 6.45) is 4.24. The summed E-state index contributed by atoms with van der Waals surface area (Å²) in [4.78, 5) is 37.8. The van der Waals surface area contributed by atoms with Crippen molar-refractivity contribution in [3.8, 4) is 0 Å². The number of Topliss-reactive ketones (excluding diaryl/α,β-unsaturated/α-hetero) is 2. The average molecular weight is 370 g/mol. The van der Waals surface area contributed by atoms with Gasteiger partial charge in [0.15, 0.2) is 11.6 Å². The third-order valence-corrected chi connectivity index (χ3v) is 5.36. The van der Waals surface area contributed by atoms with Crippen molar-refractivity contribution in [3.63, 3.8) is 0 Å². The summed E-state index contributed by atoms with van der Waals surface area (Å²) in [5.74, 6) is -5.73. The van der Waals surface area contributed by atoms with Crippen molar-refractivity contribution in [1.29, 1.82) is 0 Å². The summed E-state index contributed by atoms with van der Waals surface area (Å²) in [5.41, 5.74) is -0.595. The van der Waals surface area contributed by atoms with Crippen molar-refractivity contribution in [2.24, 2.45) is 11.8 Å². The van der Waals surface area contributed by atoms with Crippen molar-refractivity contribution < 1.29 is 23.2 Å². The Labute approximate surface area is 149 Å². The number of hydrogen-bond donors (Lipinski definition) is 0. The molecule has 1 unspecified atom stereocenters. The molecule has 1 amide bonds. The second-order valence-corrected chi connectivity index (χ2v) is 7.17. The molecule has 1 aliphatic carbocycles. The summed E-state index contributed by atoms with van der Waals surface area (Å²) in [6, 6.07) is 0.955. The Balaban J connectivity index is 2.13. The highest BCUT2D eigenvalue weighted by molar-refractivity contribution is 6.48. The van der Waals surface area contributed by atoms with Gasteiger partial charge in [0.25, 0.3) is 5.91 Å². The summed E-state index contributed by atoms with van der Waals surface area (Å²) in [7, 11) is 0. The van der Waals surface area contributed by atoms with Crippen LogP contribution in [0.5, 0.6) is 0 Å². The van der Waals surface area contributed by atoms with E-state index in [0.717, 1.165) is 36.3 Å². The lowest BCUT2D eigenvalue weighted by Crippen LogP contribution is -2.44. The largest absolute Gasteiger partial charge is 0.299 e. The first-order chi connectivity index (χ1) is 11.8. The van der Waals surface area contributed by atoms with Gasteiger partial charge < -0.3 is 0 Å². The van der Waals surface area contributed by atoms with Crippen LogP contribution in [0.25, 0.3) is 0 Å². The fourth-order valence-corrected chi connectivity index (χ4v) is 4.28. The smallest absolute Gasteiger partial charge is 0.295 e. The lowest BCUT2D eigenvalue weighted by molar-refractivity contribution is -0.138. The Morgan fingerprint density at radius 3 is 2.20 bits per heavy atom. The second-order valence-electron chi connectivity index (χ2n) is 6.73. The first kappa shape index (κ1) is 18.0. The zero-order chi connectivity index (χ0) is 18.3. The summed E-state index contributed by atoms with van der Waals surface area (Å²) < 4.78 is 28.8. The number of hydrogen-bond acceptors (Lipinski definition) is 3. The molecule has 0 aromatic heterocycles. The number of benzene rings is 1. The zero-order valence-corrected chi connectivity index (χ0v) is 14.5. The van der Waals surface area contributed by atoms with Crippen LogP contribution in [0.3, 0.4) is 0 Å². The van der Waals surface area contributed by atoms with Crippen LogP contribution in [0.1, 0.15) is 39.0 Å². The summed E-state index contributed by atoms with van der Waals surface area (Å²) in [5, 5.41) is -0.144. The van der Waals surface area contributed by atoms with E-state index in [9.17, 15) is 23.2 Å². The minimum atomic E-state index is -1.18. The van der Waals surface area contributed by atoms with Crippen molar-refractivity contribution in [1.82, 2.24) is 0 Å². The molecule has 0 radical (unpaired) electrons. The van der Waals surface area contributed by atoms with Crippen LogP contribution in [0.4, 0.5) is 14.5 Å². The SMILES string of the molecule is CC(=O)C1C(=O)C(=O)N(c2c(F)cc(Cl)cc2F)[C@@H]1C1CCCCC1. The summed E-state index contributed by atoms with van der Waals surface area (Å²) in [6.45, 7) is 1.24. The van der Waals surface area contributed by atoms with Crippen LogP contribution in [0.2, 0.25) is 5.02 Å². The number of carbonyl (C=O) groups is 3. The van der Waals surface area contributed by atoms with Gasteiger partial charge in [-0.2, -0.15) is 0 Å². The number of nitrogens with zero attached hydrogens (tertiary/aromatic N) is 1. The van der Waals surface area contributed by atoms with Gasteiger partial charge in [-0.25, -0.2) is 8.78 Å². The molecule has 0 bridgehead atoms. The molecule has 1 aromatic rings. The fraction of sp³-hybridized carbons (Fsp3) is 0.500. The number of ketones is 2. The third kappa shape index (κ3) is 3.08. The first-order valence-electron chi connectivity index (χ1n) is 8.35. The van der Waals surface area contributed by atoms with Crippen LogP contribution in [-0.2, 0) is 14.4 Å². The molecule has 0 spiro atoms. The standard InChI is InChI=1S/C18H18ClF2NO3/c1-9(23)14-15(10-5-3-2-4-6-10)22(18(25)17(14)24)16-12(20)7-11(19)8-13(16)21/h7-8,10,14-15H,2-6H2,1H3/t14?,15-/m1/s1. The highest BCUT2D eigenvalue weighted by atomic mass is 35.5. The van der Waals surface area contributed by atoms with Gasteiger partial charge in [-0.3, -0.25) is 19.3 Å². The molecule has 1 aliphatic heterocycles. The maximum atomic E-state index is 14.4. The van der Waals surface area contributed by atoms with Gasteiger partial charge in [0.2, 0.25) is 5.78 Å². The average Bonchev–Trinajstić information content (AvgIpc) is 2.80. The molecular weight excluding hydrogens is 352 g/mol. The molecular formula is C18H18ClF2NO3. The van der Waals surface area contributed by atoms with Crippen LogP contribution in [0, 0.1) is 23.5 Å². The Morgan fingerprint density at radius 1 is 1.12 bits per heavy atom. The van der Waals surface area contributed by atoms with Gasteiger partial charge in [-0.05, 0) is 37.8 Å². The van der Waals surface area contributed by atoms with Gasteiger partial charge in [0.05, 0.1) is 6.04 Å². The Bertz CT molecular complexity index is 723. The van der Waals surface area contributed by atoms with E-state index in [2.05, 4.69) is 0 Å². The van der Waals surface area contributed by atoms with Crippen molar-refractivity contribution in [2.75, 3.05) is 4.90 Å². The third-order valence-electron chi connectivity index (χ3n) is 5.15. The number of carbonyl (C=O) groups excluding carboxylic acids is 3. The molecule has 134 valence electrons. The molecule has 2 fully saturated rings. The van der Waals surface area contributed by atoms with E-state index in [-0.39, 0.29) is 10.9 Å². The maximum Gasteiger partial charge on any atom is 0.295 e. The highest BCUT2D eigenvalue weighted by Crippen LogP contribution is 2.41. The van der Waals surface area contributed by atoms with E-state index >= 15 is 0 Å². The topological polar surface area (TPSA) is 54.5 Å². The predicted molar refractivity (Wildman–Crippen MR) is 88.4 cm³/mol. The number of anilines is 1. The molecule has 7 heteroatoms. The van der Waals surface area contributed by atoms with E-state index < -0.39 is 46.8 Å². The molecule has 1 saturated heterocycles. The zero-order valence-electron chi connectivity index (χ0n) is 13.7. The molecule has 1 aromatic carbocycles. The molecule has 25 heavy (non-hydrogen) atoms. The van der Waals surface area contributed by atoms with Gasteiger partial charge in [-0.1, -0.05) is 30.9 Å². The van der Waals surface area contributed by atoms with E-state index in [1.54, 1.807) is 0 Å². The van der Waals surface area contributed by atoms with Gasteiger partial charge >= 0.3 is 0 Å². The lowest BCUT2D eigenvalue weighted by atomic mass is 9.77. The summed E-state index contributed by atoms with van der Waals surface area (Å²) >= 11 is 5.65. The molecule has 2 aliphatic rings. The van der Waals surface area contributed by atoms with E-state index in [1.807, 2.05) is 0 Å². The van der Waals surface area contributed by atoms with Crippen LogP contribution in [-0.4, -0.2) is 23.5 Å². The normalized spacial score (nSPS) is 24.9. The maximum absolute atomic E-state index is 14.4. The monoisotopic (exact) mass is 369 g/mol. The Hall–Kier alpha value is -1.82. The van der Waals surface area contributed by atoms with Gasteiger partial charge in [0.1, 0.15) is 17.4 Å². The predicted octanol–water partition coefficient (Wildman–Crippen LogP) is 3.69. The minimum absolute atomic E-state index is 0.144. The van der Waals surface area contributed by atoms with E-state index in [1.165, 1.54) is 6.92 Å². The molecule has 3 rings (SSSR count). The quantitative estimate of drug-likeness (QED) is 0.603. The Kier molecular flexibility index (Phi) is 4.91. The minimum Gasteiger partial charge on any atom is -0.299 e. The molecule has 4 nitrogen and oxygen atoms in total. The van der Waals surface area contributed by atoms with Crippen molar-refractivity contribution in [3.05, 3.63) is 28.8 Å². The number of halogens is 3. The second kappa shape index (κ2) is 6.83. The van der Waals surface area contributed by atoms with Crippen LogP contribution >= 0.6 is 11.6 Å². The van der Waals surface area contributed by atoms with Crippen LogP contribution < -0.4 is 4.90 Å². The van der Waals surface area contributed by atoms with Crippen molar-refractivity contribution in [2.45, 2.75) is 45.1 Å². The van der Waals surface area contributed by atoms with Gasteiger partial charge in [-0.15, -0.1) is 0 Å². The Morgan fingerprint density at radius 2 is 1.68 bits per heavy atom. The van der Waals surface area contributed by atoms with Crippen molar-refractivity contribution >= 4 is 34.8 Å². The van der Waals surface area contributed by atoms with Gasteiger partial charge in [0, 0.05) is 5.02 Å². The number of amides is 1. The fourth-order valence-electron chi connectivity index (χ4n) is 4.09. The van der Waals surface area contributed by atoms with E-state index in [0.29, 0.717) is 12.8 Å². The molecule has 0 N–H and O–H groups in total. The molecule has 1 heterocycles.